The van der Waals surface area contributed by atoms with E-state index in [0.29, 0.717) is 0 Å². The second-order valence-corrected chi connectivity index (χ2v) is 5.77. The zero-order valence-corrected chi connectivity index (χ0v) is 13.5. The third kappa shape index (κ3) is 3.70. The first-order valence-electron chi connectivity index (χ1n) is 7.95. The van der Waals surface area contributed by atoms with E-state index >= 15 is 0 Å². The number of ether oxygens (including phenoxy) is 2. The third-order valence-electron chi connectivity index (χ3n) is 4.26. The SMILES string of the molecule is C=C[C@H]1OC(OC)CN(Cc2ccccc2)[C@@H]1c1ccccc1. The molecule has 0 aromatic heterocycles. The van der Waals surface area contributed by atoms with E-state index in [1.807, 2.05) is 18.2 Å². The largest absolute Gasteiger partial charge is 0.354 e. The molecule has 0 bridgehead atoms. The lowest BCUT2D eigenvalue weighted by atomic mass is 9.97. The first-order valence-corrected chi connectivity index (χ1v) is 7.95. The van der Waals surface area contributed by atoms with Crippen molar-refractivity contribution in [2.75, 3.05) is 13.7 Å². The van der Waals surface area contributed by atoms with Gasteiger partial charge in [-0.3, -0.25) is 4.90 Å². The zero-order chi connectivity index (χ0) is 16.1. The summed E-state index contributed by atoms with van der Waals surface area (Å²) in [7, 11) is 1.69. The smallest absolute Gasteiger partial charge is 0.170 e. The van der Waals surface area contributed by atoms with E-state index in [0.717, 1.165) is 13.1 Å². The number of rotatable bonds is 5. The summed E-state index contributed by atoms with van der Waals surface area (Å²) in [5.74, 6) is 0. The van der Waals surface area contributed by atoms with Crippen LogP contribution in [0.2, 0.25) is 0 Å². The van der Waals surface area contributed by atoms with Crippen molar-refractivity contribution in [1.29, 1.82) is 0 Å². The van der Waals surface area contributed by atoms with E-state index in [1.54, 1.807) is 7.11 Å². The summed E-state index contributed by atoms with van der Waals surface area (Å²) >= 11 is 0. The van der Waals surface area contributed by atoms with Crippen LogP contribution in [-0.2, 0) is 16.0 Å². The molecule has 0 spiro atoms. The monoisotopic (exact) mass is 309 g/mol. The molecule has 2 aromatic carbocycles. The number of nitrogens with zero attached hydrogens (tertiary/aromatic N) is 1. The van der Waals surface area contributed by atoms with Gasteiger partial charge in [-0.25, -0.2) is 0 Å². The number of benzene rings is 2. The molecule has 3 nitrogen and oxygen atoms in total. The minimum Gasteiger partial charge on any atom is -0.354 e. The van der Waals surface area contributed by atoms with Gasteiger partial charge in [-0.2, -0.15) is 0 Å². The highest BCUT2D eigenvalue weighted by molar-refractivity contribution is 5.24. The highest BCUT2D eigenvalue weighted by Gasteiger charge is 2.36. The number of morpholine rings is 1. The van der Waals surface area contributed by atoms with E-state index in [2.05, 4.69) is 60.0 Å². The van der Waals surface area contributed by atoms with Crippen LogP contribution in [0.1, 0.15) is 17.2 Å². The second-order valence-electron chi connectivity index (χ2n) is 5.77. The normalized spacial score (nSPS) is 25.2. The van der Waals surface area contributed by atoms with Gasteiger partial charge in [0.25, 0.3) is 0 Å². The van der Waals surface area contributed by atoms with E-state index < -0.39 is 0 Å². The Kier molecular flexibility index (Phi) is 5.23. The van der Waals surface area contributed by atoms with Gasteiger partial charge in [0.1, 0.15) is 0 Å². The molecule has 0 aliphatic carbocycles. The van der Waals surface area contributed by atoms with Crippen molar-refractivity contribution in [3.8, 4) is 0 Å². The van der Waals surface area contributed by atoms with Crippen LogP contribution in [0.4, 0.5) is 0 Å². The Morgan fingerprint density at radius 3 is 2.39 bits per heavy atom. The van der Waals surface area contributed by atoms with Crippen LogP contribution in [0.25, 0.3) is 0 Å². The summed E-state index contributed by atoms with van der Waals surface area (Å²) in [6.45, 7) is 5.55. The molecule has 3 atom stereocenters. The highest BCUT2D eigenvalue weighted by atomic mass is 16.7. The maximum atomic E-state index is 6.04. The molecule has 1 aliphatic rings. The van der Waals surface area contributed by atoms with Gasteiger partial charge in [0.05, 0.1) is 18.7 Å². The molecule has 1 saturated heterocycles. The van der Waals surface area contributed by atoms with Crippen LogP contribution in [0.5, 0.6) is 0 Å². The Morgan fingerprint density at radius 1 is 1.13 bits per heavy atom. The lowest BCUT2D eigenvalue weighted by molar-refractivity contribution is -0.208. The summed E-state index contributed by atoms with van der Waals surface area (Å²) in [6, 6.07) is 21.1. The number of methoxy groups -OCH3 is 1. The van der Waals surface area contributed by atoms with Crippen molar-refractivity contribution in [2.24, 2.45) is 0 Å². The Bertz CT molecular complexity index is 614. The summed E-state index contributed by atoms with van der Waals surface area (Å²) in [6.07, 6.45) is 1.54. The van der Waals surface area contributed by atoms with E-state index in [9.17, 15) is 0 Å². The first kappa shape index (κ1) is 15.9. The zero-order valence-electron chi connectivity index (χ0n) is 13.5. The Labute approximate surface area is 138 Å². The van der Waals surface area contributed by atoms with Crippen molar-refractivity contribution in [3.63, 3.8) is 0 Å². The van der Waals surface area contributed by atoms with Crippen molar-refractivity contribution in [3.05, 3.63) is 84.4 Å². The highest BCUT2D eigenvalue weighted by Crippen LogP contribution is 2.33. The predicted octanol–water partition coefficient (Wildman–Crippen LogP) is 3.79. The van der Waals surface area contributed by atoms with E-state index in [1.165, 1.54) is 11.1 Å². The van der Waals surface area contributed by atoms with Crippen molar-refractivity contribution < 1.29 is 9.47 Å². The maximum absolute atomic E-state index is 6.04. The Balaban J connectivity index is 1.91. The number of hydrogen-bond acceptors (Lipinski definition) is 3. The molecule has 0 saturated carbocycles. The third-order valence-corrected chi connectivity index (χ3v) is 4.26. The maximum Gasteiger partial charge on any atom is 0.170 e. The lowest BCUT2D eigenvalue weighted by Crippen LogP contribution is -2.49. The summed E-state index contributed by atoms with van der Waals surface area (Å²) in [5, 5.41) is 0. The van der Waals surface area contributed by atoms with Crippen LogP contribution in [0, 0.1) is 0 Å². The average molecular weight is 309 g/mol. The molecule has 1 fully saturated rings. The lowest BCUT2D eigenvalue weighted by Gasteiger charge is -2.43. The van der Waals surface area contributed by atoms with Gasteiger partial charge in [-0.1, -0.05) is 66.7 Å². The minimum atomic E-state index is -0.235. The van der Waals surface area contributed by atoms with Crippen LogP contribution in [0.3, 0.4) is 0 Å². The molecular weight excluding hydrogens is 286 g/mol. The van der Waals surface area contributed by atoms with E-state index in [4.69, 9.17) is 9.47 Å². The molecule has 3 rings (SSSR count). The molecule has 120 valence electrons. The van der Waals surface area contributed by atoms with Crippen LogP contribution in [-0.4, -0.2) is 30.9 Å². The topological polar surface area (TPSA) is 21.7 Å². The molecule has 0 radical (unpaired) electrons. The predicted molar refractivity (Wildman–Crippen MR) is 91.9 cm³/mol. The Hall–Kier alpha value is -1.94. The second kappa shape index (κ2) is 7.55. The first-order chi connectivity index (χ1) is 11.3. The van der Waals surface area contributed by atoms with E-state index in [-0.39, 0.29) is 18.4 Å². The average Bonchev–Trinajstić information content (AvgIpc) is 2.62. The fourth-order valence-electron chi connectivity index (χ4n) is 3.15. The summed E-state index contributed by atoms with van der Waals surface area (Å²) < 4.78 is 11.5. The van der Waals surface area contributed by atoms with Gasteiger partial charge in [0.2, 0.25) is 0 Å². The molecule has 2 aromatic rings. The fraction of sp³-hybridized carbons (Fsp3) is 0.300. The van der Waals surface area contributed by atoms with Crippen LogP contribution in [0.15, 0.2) is 73.3 Å². The molecule has 3 heteroatoms. The van der Waals surface area contributed by atoms with Gasteiger partial charge in [-0.05, 0) is 11.1 Å². The molecule has 0 amide bonds. The van der Waals surface area contributed by atoms with Gasteiger partial charge < -0.3 is 9.47 Å². The van der Waals surface area contributed by atoms with Crippen LogP contribution < -0.4 is 0 Å². The van der Waals surface area contributed by atoms with Gasteiger partial charge >= 0.3 is 0 Å². The Morgan fingerprint density at radius 2 is 1.78 bits per heavy atom. The standard InChI is InChI=1S/C20H23NO2/c1-3-18-20(17-12-8-5-9-13-17)21(15-19(22-2)23-18)14-16-10-6-4-7-11-16/h3-13,18-20H,1,14-15H2,2H3/t18-,19?,20-/m1/s1. The summed E-state index contributed by atoms with van der Waals surface area (Å²) in [4.78, 5) is 2.41. The number of hydrogen-bond donors (Lipinski definition) is 0. The van der Waals surface area contributed by atoms with Crippen molar-refractivity contribution in [1.82, 2.24) is 4.90 Å². The fourth-order valence-corrected chi connectivity index (χ4v) is 3.15. The molecular formula is C20H23NO2. The molecule has 1 heterocycles. The van der Waals surface area contributed by atoms with Crippen molar-refractivity contribution in [2.45, 2.75) is 25.0 Å². The van der Waals surface area contributed by atoms with Gasteiger partial charge in [-0.15, -0.1) is 6.58 Å². The quantitative estimate of drug-likeness (QED) is 0.784. The summed E-state index contributed by atoms with van der Waals surface area (Å²) in [5.41, 5.74) is 2.52. The van der Waals surface area contributed by atoms with Crippen molar-refractivity contribution >= 4 is 0 Å². The van der Waals surface area contributed by atoms with Gasteiger partial charge in [0, 0.05) is 13.7 Å². The van der Waals surface area contributed by atoms with Gasteiger partial charge in [0.15, 0.2) is 6.29 Å². The molecule has 1 unspecified atom stereocenters. The minimum absolute atomic E-state index is 0.0974. The molecule has 23 heavy (non-hydrogen) atoms. The molecule has 1 aliphatic heterocycles. The van der Waals surface area contributed by atoms with Crippen LogP contribution >= 0.6 is 0 Å². The molecule has 0 N–H and O–H groups in total.